The lowest BCUT2D eigenvalue weighted by molar-refractivity contribution is -0.143. The molecule has 0 fully saturated rings. The molecule has 1 unspecified atom stereocenters. The van der Waals surface area contributed by atoms with Gasteiger partial charge in [0, 0.05) is 18.5 Å². The quantitative estimate of drug-likeness (QED) is 0.740. The van der Waals surface area contributed by atoms with E-state index in [0.29, 0.717) is 13.0 Å². The molecule has 5 nitrogen and oxygen atoms in total. The van der Waals surface area contributed by atoms with Gasteiger partial charge in [-0.15, -0.1) is 0 Å². The Morgan fingerprint density at radius 2 is 1.79 bits per heavy atom. The summed E-state index contributed by atoms with van der Waals surface area (Å²) in [4.78, 5) is 25.0. The van der Waals surface area contributed by atoms with Crippen LogP contribution in [0.4, 0.5) is 0 Å². The van der Waals surface area contributed by atoms with Crippen LogP contribution in [-0.4, -0.2) is 46.6 Å². The van der Waals surface area contributed by atoms with Crippen molar-refractivity contribution < 1.29 is 14.7 Å². The summed E-state index contributed by atoms with van der Waals surface area (Å²) in [7, 11) is 0. The summed E-state index contributed by atoms with van der Waals surface area (Å²) in [6, 6.07) is -0.808. The summed E-state index contributed by atoms with van der Waals surface area (Å²) in [5.41, 5.74) is 0.0132. The standard InChI is InChI=1S/C14H28N2O3/c1-7-16(14(4,5)6)9-8-11(17)15-12(10(2)3)13(18)19/h10,12H,7-9H2,1-6H3,(H,15,17)(H,18,19). The molecule has 0 rings (SSSR count). The van der Waals surface area contributed by atoms with Gasteiger partial charge in [-0.25, -0.2) is 4.79 Å². The smallest absolute Gasteiger partial charge is 0.326 e. The maximum Gasteiger partial charge on any atom is 0.326 e. The predicted octanol–water partition coefficient (Wildman–Crippen LogP) is 1.72. The van der Waals surface area contributed by atoms with Crippen molar-refractivity contribution in [2.75, 3.05) is 13.1 Å². The highest BCUT2D eigenvalue weighted by Gasteiger charge is 2.24. The molecule has 19 heavy (non-hydrogen) atoms. The summed E-state index contributed by atoms with van der Waals surface area (Å²) in [5.74, 6) is -1.30. The summed E-state index contributed by atoms with van der Waals surface area (Å²) >= 11 is 0. The highest BCUT2D eigenvalue weighted by molar-refractivity contribution is 5.83. The van der Waals surface area contributed by atoms with Crippen LogP contribution < -0.4 is 5.32 Å². The molecule has 0 bridgehead atoms. The van der Waals surface area contributed by atoms with Gasteiger partial charge in [-0.3, -0.25) is 9.69 Å². The van der Waals surface area contributed by atoms with E-state index in [-0.39, 0.29) is 17.4 Å². The van der Waals surface area contributed by atoms with Crippen LogP contribution in [0.15, 0.2) is 0 Å². The van der Waals surface area contributed by atoms with E-state index in [2.05, 4.69) is 37.9 Å². The van der Waals surface area contributed by atoms with Gasteiger partial charge in [0.25, 0.3) is 0 Å². The molecule has 0 heterocycles. The second kappa shape index (κ2) is 7.48. The first-order valence-corrected chi connectivity index (χ1v) is 6.86. The zero-order valence-corrected chi connectivity index (χ0v) is 13.0. The fraction of sp³-hybridized carbons (Fsp3) is 0.857. The Bertz CT molecular complexity index is 308. The summed E-state index contributed by atoms with van der Waals surface area (Å²) in [6.45, 7) is 13.4. The van der Waals surface area contributed by atoms with E-state index in [1.807, 2.05) is 0 Å². The van der Waals surface area contributed by atoms with E-state index < -0.39 is 12.0 Å². The van der Waals surface area contributed by atoms with Gasteiger partial charge in [0.05, 0.1) is 0 Å². The van der Waals surface area contributed by atoms with E-state index >= 15 is 0 Å². The third-order valence-electron chi connectivity index (χ3n) is 3.19. The van der Waals surface area contributed by atoms with Crippen molar-refractivity contribution in [2.24, 2.45) is 5.92 Å². The zero-order chi connectivity index (χ0) is 15.2. The monoisotopic (exact) mass is 272 g/mol. The molecule has 2 N–H and O–H groups in total. The van der Waals surface area contributed by atoms with E-state index in [1.54, 1.807) is 13.8 Å². The molecule has 1 amide bonds. The highest BCUT2D eigenvalue weighted by atomic mass is 16.4. The van der Waals surface area contributed by atoms with Crippen molar-refractivity contribution in [3.8, 4) is 0 Å². The molecule has 0 aromatic carbocycles. The Hall–Kier alpha value is -1.10. The van der Waals surface area contributed by atoms with Crippen LogP contribution in [0.3, 0.4) is 0 Å². The van der Waals surface area contributed by atoms with Gasteiger partial charge in [0.1, 0.15) is 6.04 Å². The van der Waals surface area contributed by atoms with Crippen LogP contribution in [0.5, 0.6) is 0 Å². The van der Waals surface area contributed by atoms with E-state index in [9.17, 15) is 9.59 Å². The van der Waals surface area contributed by atoms with Gasteiger partial charge in [-0.05, 0) is 33.2 Å². The molecule has 0 aliphatic heterocycles. The second-order valence-electron chi connectivity index (χ2n) is 6.13. The number of hydrogen-bond donors (Lipinski definition) is 2. The molecule has 0 spiro atoms. The summed E-state index contributed by atoms with van der Waals surface area (Å²) < 4.78 is 0. The van der Waals surface area contributed by atoms with Crippen molar-refractivity contribution in [3.05, 3.63) is 0 Å². The molecule has 0 aromatic rings. The zero-order valence-electron chi connectivity index (χ0n) is 13.0. The number of carbonyl (C=O) groups is 2. The molecule has 0 aliphatic rings. The minimum Gasteiger partial charge on any atom is -0.480 e. The summed E-state index contributed by atoms with van der Waals surface area (Å²) in [5, 5.41) is 11.6. The van der Waals surface area contributed by atoms with Crippen molar-refractivity contribution in [2.45, 2.75) is 59.5 Å². The van der Waals surface area contributed by atoms with Gasteiger partial charge in [-0.2, -0.15) is 0 Å². The van der Waals surface area contributed by atoms with Crippen LogP contribution in [-0.2, 0) is 9.59 Å². The first kappa shape index (κ1) is 17.9. The molecule has 0 saturated carbocycles. The first-order chi connectivity index (χ1) is 8.59. The molecule has 0 saturated heterocycles. The van der Waals surface area contributed by atoms with Gasteiger partial charge in [-0.1, -0.05) is 20.8 Å². The molecular weight excluding hydrogens is 244 g/mol. The number of amides is 1. The SMILES string of the molecule is CCN(CCC(=O)NC(C(=O)O)C(C)C)C(C)(C)C. The van der Waals surface area contributed by atoms with Crippen LogP contribution >= 0.6 is 0 Å². The number of carbonyl (C=O) groups excluding carboxylic acids is 1. The van der Waals surface area contributed by atoms with Crippen LogP contribution in [0.2, 0.25) is 0 Å². The fourth-order valence-electron chi connectivity index (χ4n) is 1.96. The Labute approximate surface area is 116 Å². The normalized spacial score (nSPS) is 13.7. The number of aliphatic carboxylic acids is 1. The number of nitrogens with one attached hydrogen (secondary N) is 1. The largest absolute Gasteiger partial charge is 0.480 e. The second-order valence-corrected chi connectivity index (χ2v) is 6.13. The van der Waals surface area contributed by atoms with Gasteiger partial charge < -0.3 is 10.4 Å². The van der Waals surface area contributed by atoms with Crippen molar-refractivity contribution in [1.29, 1.82) is 0 Å². The average Bonchev–Trinajstić information content (AvgIpc) is 2.23. The Morgan fingerprint density at radius 1 is 1.26 bits per heavy atom. The molecule has 112 valence electrons. The molecule has 5 heteroatoms. The minimum absolute atomic E-state index is 0.0132. The maximum atomic E-state index is 11.8. The average molecular weight is 272 g/mol. The Morgan fingerprint density at radius 3 is 2.11 bits per heavy atom. The van der Waals surface area contributed by atoms with Crippen LogP contribution in [0.1, 0.15) is 48.0 Å². The molecule has 0 aromatic heterocycles. The Balaban J connectivity index is 4.35. The van der Waals surface area contributed by atoms with Crippen molar-refractivity contribution >= 4 is 11.9 Å². The van der Waals surface area contributed by atoms with Crippen LogP contribution in [0, 0.1) is 5.92 Å². The highest BCUT2D eigenvalue weighted by Crippen LogP contribution is 2.13. The molecule has 0 aliphatic carbocycles. The minimum atomic E-state index is -0.980. The van der Waals surface area contributed by atoms with E-state index in [0.717, 1.165) is 6.54 Å². The number of nitrogens with zero attached hydrogens (tertiary/aromatic N) is 1. The molecular formula is C14H28N2O3. The third-order valence-corrected chi connectivity index (χ3v) is 3.19. The lowest BCUT2D eigenvalue weighted by atomic mass is 10.0. The lowest BCUT2D eigenvalue weighted by Gasteiger charge is -2.34. The Kier molecular flexibility index (Phi) is 7.05. The number of carboxylic acids is 1. The van der Waals surface area contributed by atoms with Gasteiger partial charge >= 0.3 is 5.97 Å². The predicted molar refractivity (Wildman–Crippen MR) is 76.0 cm³/mol. The topological polar surface area (TPSA) is 69.6 Å². The van der Waals surface area contributed by atoms with Gasteiger partial charge in [0.2, 0.25) is 5.91 Å². The lowest BCUT2D eigenvalue weighted by Crippen LogP contribution is -2.47. The van der Waals surface area contributed by atoms with Crippen molar-refractivity contribution in [3.63, 3.8) is 0 Å². The third kappa shape index (κ3) is 6.57. The molecule has 0 radical (unpaired) electrons. The number of rotatable bonds is 7. The van der Waals surface area contributed by atoms with E-state index in [1.165, 1.54) is 0 Å². The van der Waals surface area contributed by atoms with Crippen LogP contribution in [0.25, 0.3) is 0 Å². The number of hydrogen-bond acceptors (Lipinski definition) is 3. The van der Waals surface area contributed by atoms with E-state index in [4.69, 9.17) is 5.11 Å². The van der Waals surface area contributed by atoms with Crippen molar-refractivity contribution in [1.82, 2.24) is 10.2 Å². The fourth-order valence-corrected chi connectivity index (χ4v) is 1.96. The molecule has 1 atom stereocenters. The first-order valence-electron chi connectivity index (χ1n) is 6.86. The maximum absolute atomic E-state index is 11.8. The van der Waals surface area contributed by atoms with Gasteiger partial charge in [0.15, 0.2) is 0 Å². The number of carboxylic acid groups (broad SMARTS) is 1. The summed E-state index contributed by atoms with van der Waals surface area (Å²) in [6.07, 6.45) is 0.321.